The van der Waals surface area contributed by atoms with Gasteiger partial charge in [-0.3, -0.25) is 4.79 Å². The maximum atomic E-state index is 14.6. The fraction of sp³-hybridized carbons (Fsp3) is 0.0952. The van der Waals surface area contributed by atoms with Gasteiger partial charge in [-0.25, -0.2) is 13.8 Å². The van der Waals surface area contributed by atoms with E-state index in [0.717, 1.165) is 12.1 Å². The predicted molar refractivity (Wildman–Crippen MR) is 105 cm³/mol. The van der Waals surface area contributed by atoms with Gasteiger partial charge in [-0.2, -0.15) is 9.61 Å². The van der Waals surface area contributed by atoms with Gasteiger partial charge in [-0.1, -0.05) is 0 Å². The topological polar surface area (TPSA) is 77.8 Å². The van der Waals surface area contributed by atoms with Crippen molar-refractivity contribution in [1.29, 1.82) is 0 Å². The summed E-state index contributed by atoms with van der Waals surface area (Å²) in [6, 6.07) is 11.1. The number of aryl methyl sites for hydroxylation is 1. The molecule has 4 rings (SSSR count). The minimum atomic E-state index is -0.691. The molecule has 1 amide bonds. The monoisotopic (exact) mass is 410 g/mol. The van der Waals surface area contributed by atoms with Crippen LogP contribution in [0.4, 0.5) is 14.5 Å². The van der Waals surface area contributed by atoms with Crippen LogP contribution in [-0.2, 0) is 0 Å². The van der Waals surface area contributed by atoms with Gasteiger partial charge in [0.25, 0.3) is 5.91 Å². The van der Waals surface area contributed by atoms with E-state index in [1.54, 1.807) is 25.3 Å². The van der Waals surface area contributed by atoms with Crippen molar-refractivity contribution in [3.05, 3.63) is 77.6 Å². The zero-order valence-corrected chi connectivity index (χ0v) is 16.0. The summed E-state index contributed by atoms with van der Waals surface area (Å²) in [6.45, 7) is 1.79. The Kier molecular flexibility index (Phi) is 5.01. The lowest BCUT2D eigenvalue weighted by Crippen LogP contribution is -2.12. The number of halogens is 2. The Hall–Kier alpha value is -4.01. The molecule has 0 aliphatic heterocycles. The van der Waals surface area contributed by atoms with Gasteiger partial charge in [-0.05, 0) is 37.3 Å². The summed E-state index contributed by atoms with van der Waals surface area (Å²) in [5, 5.41) is 6.63. The Morgan fingerprint density at radius 1 is 1.03 bits per heavy atom. The number of carbonyl (C=O) groups is 1. The normalized spacial score (nSPS) is 10.8. The molecular formula is C21H16F2N4O3. The molecule has 0 saturated carbocycles. The lowest BCUT2D eigenvalue weighted by atomic mass is 10.2. The molecule has 7 nitrogen and oxygen atoms in total. The number of hydrogen-bond donors (Lipinski definition) is 1. The van der Waals surface area contributed by atoms with Gasteiger partial charge in [0.1, 0.15) is 0 Å². The minimum Gasteiger partial charge on any atom is -0.494 e. The predicted octanol–water partition coefficient (Wildman–Crippen LogP) is 4.37. The third kappa shape index (κ3) is 3.77. The minimum absolute atomic E-state index is 0.0248. The number of benzene rings is 2. The number of rotatable bonds is 5. The van der Waals surface area contributed by atoms with Crippen molar-refractivity contribution in [3.8, 4) is 17.4 Å². The number of anilines is 1. The Labute approximate surface area is 169 Å². The van der Waals surface area contributed by atoms with E-state index in [2.05, 4.69) is 15.4 Å². The van der Waals surface area contributed by atoms with E-state index < -0.39 is 17.5 Å². The molecule has 2 aromatic heterocycles. The highest BCUT2D eigenvalue weighted by Crippen LogP contribution is 2.28. The van der Waals surface area contributed by atoms with Crippen LogP contribution in [0.5, 0.6) is 17.4 Å². The van der Waals surface area contributed by atoms with Gasteiger partial charge < -0.3 is 14.8 Å². The molecule has 152 valence electrons. The Morgan fingerprint density at radius 3 is 2.53 bits per heavy atom. The van der Waals surface area contributed by atoms with Crippen molar-refractivity contribution >= 4 is 17.2 Å². The van der Waals surface area contributed by atoms with Crippen LogP contribution in [0.15, 0.2) is 54.7 Å². The summed E-state index contributed by atoms with van der Waals surface area (Å²) in [5.74, 6) is -1.68. The average molecular weight is 410 g/mol. The average Bonchev–Trinajstić information content (AvgIpc) is 3.18. The first kappa shape index (κ1) is 19.3. The number of fused-ring (bicyclic) bond motifs is 1. The number of hydrogen-bond acceptors (Lipinski definition) is 5. The number of nitrogens with zero attached hydrogens (tertiary/aromatic N) is 3. The Balaban J connectivity index is 1.54. The van der Waals surface area contributed by atoms with Crippen molar-refractivity contribution < 1.29 is 23.0 Å². The third-order valence-corrected chi connectivity index (χ3v) is 4.27. The molecule has 0 unspecified atom stereocenters. The number of nitrogens with one attached hydrogen (secondary N) is 1. The third-order valence-electron chi connectivity index (χ3n) is 4.27. The molecule has 0 radical (unpaired) electrons. The molecule has 0 spiro atoms. The van der Waals surface area contributed by atoms with E-state index in [9.17, 15) is 13.6 Å². The molecule has 0 aliphatic carbocycles. The molecular weight excluding hydrogens is 394 g/mol. The summed E-state index contributed by atoms with van der Waals surface area (Å²) in [4.78, 5) is 16.6. The van der Waals surface area contributed by atoms with Gasteiger partial charge in [-0.15, -0.1) is 0 Å². The van der Waals surface area contributed by atoms with Crippen molar-refractivity contribution in [2.24, 2.45) is 0 Å². The second-order valence-electron chi connectivity index (χ2n) is 6.39. The lowest BCUT2D eigenvalue weighted by Gasteiger charge is -2.11. The van der Waals surface area contributed by atoms with E-state index in [0.29, 0.717) is 17.2 Å². The van der Waals surface area contributed by atoms with E-state index in [1.165, 1.54) is 35.9 Å². The van der Waals surface area contributed by atoms with Crippen molar-refractivity contribution in [3.63, 3.8) is 0 Å². The molecule has 0 saturated heterocycles. The number of amides is 1. The highest BCUT2D eigenvalue weighted by Gasteiger charge is 2.14. The van der Waals surface area contributed by atoms with Gasteiger partial charge >= 0.3 is 0 Å². The lowest BCUT2D eigenvalue weighted by molar-refractivity contribution is 0.102. The van der Waals surface area contributed by atoms with E-state index in [4.69, 9.17) is 9.47 Å². The zero-order valence-electron chi connectivity index (χ0n) is 16.0. The van der Waals surface area contributed by atoms with Crippen molar-refractivity contribution in [2.45, 2.75) is 6.92 Å². The SMILES string of the molecule is COc1ccc(C(=O)Nc2ccc(Oc3cc(C)nc4ccnn34)c(F)c2)cc1F. The van der Waals surface area contributed by atoms with Gasteiger partial charge in [0.2, 0.25) is 5.88 Å². The largest absolute Gasteiger partial charge is 0.494 e. The molecule has 0 aliphatic rings. The van der Waals surface area contributed by atoms with Crippen LogP contribution in [0.3, 0.4) is 0 Å². The highest BCUT2D eigenvalue weighted by molar-refractivity contribution is 6.04. The molecule has 9 heteroatoms. The smallest absolute Gasteiger partial charge is 0.255 e. The van der Waals surface area contributed by atoms with Gasteiger partial charge in [0.15, 0.2) is 28.8 Å². The molecule has 2 aromatic carbocycles. The quantitative estimate of drug-likeness (QED) is 0.529. The van der Waals surface area contributed by atoms with E-state index in [1.807, 2.05) is 0 Å². The first-order valence-corrected chi connectivity index (χ1v) is 8.88. The summed E-state index contributed by atoms with van der Waals surface area (Å²) in [5.41, 5.74) is 1.52. The van der Waals surface area contributed by atoms with Gasteiger partial charge in [0, 0.05) is 35.1 Å². The number of aromatic nitrogens is 3. The Morgan fingerprint density at radius 2 is 1.80 bits per heavy atom. The Bertz CT molecular complexity index is 1260. The molecule has 30 heavy (non-hydrogen) atoms. The fourth-order valence-corrected chi connectivity index (χ4v) is 2.86. The van der Waals surface area contributed by atoms with Crippen LogP contribution in [-0.4, -0.2) is 27.6 Å². The van der Waals surface area contributed by atoms with Crippen LogP contribution in [0.1, 0.15) is 16.1 Å². The second-order valence-corrected chi connectivity index (χ2v) is 6.39. The molecule has 0 fully saturated rings. The van der Waals surface area contributed by atoms with Crippen LogP contribution < -0.4 is 14.8 Å². The second kappa shape index (κ2) is 7.78. The first-order valence-electron chi connectivity index (χ1n) is 8.88. The summed E-state index contributed by atoms with van der Waals surface area (Å²) in [6.07, 6.45) is 1.56. The molecule has 4 aromatic rings. The highest BCUT2D eigenvalue weighted by atomic mass is 19.1. The molecule has 0 atom stereocenters. The van der Waals surface area contributed by atoms with Crippen LogP contribution in [0.25, 0.3) is 5.65 Å². The first-order chi connectivity index (χ1) is 14.4. The molecule has 2 heterocycles. The van der Waals surface area contributed by atoms with E-state index >= 15 is 0 Å². The maximum Gasteiger partial charge on any atom is 0.255 e. The number of carbonyl (C=O) groups excluding carboxylic acids is 1. The molecule has 1 N–H and O–H groups in total. The maximum absolute atomic E-state index is 14.6. The van der Waals surface area contributed by atoms with Gasteiger partial charge in [0.05, 0.1) is 13.3 Å². The van der Waals surface area contributed by atoms with Crippen LogP contribution in [0.2, 0.25) is 0 Å². The summed E-state index contributed by atoms with van der Waals surface area (Å²) >= 11 is 0. The van der Waals surface area contributed by atoms with Crippen molar-refractivity contribution in [2.75, 3.05) is 12.4 Å². The molecule has 0 bridgehead atoms. The van der Waals surface area contributed by atoms with Crippen LogP contribution >= 0.6 is 0 Å². The van der Waals surface area contributed by atoms with Crippen molar-refractivity contribution in [1.82, 2.24) is 14.6 Å². The number of ether oxygens (including phenoxy) is 2. The number of methoxy groups -OCH3 is 1. The summed E-state index contributed by atoms with van der Waals surface area (Å²) in [7, 11) is 1.33. The van der Waals surface area contributed by atoms with E-state index in [-0.39, 0.29) is 22.7 Å². The van der Waals surface area contributed by atoms with Crippen LogP contribution in [0, 0.1) is 18.6 Å². The zero-order chi connectivity index (χ0) is 21.3. The fourth-order valence-electron chi connectivity index (χ4n) is 2.86. The summed E-state index contributed by atoms with van der Waals surface area (Å²) < 4.78 is 40.3. The standard InChI is InChI=1S/C21H16F2N4O3/c1-12-9-20(27-19(25-12)7-8-24-27)30-18-6-4-14(11-16(18)23)26-21(28)13-3-5-17(29-2)15(22)10-13/h3-11H,1-2H3,(H,26,28).